The second kappa shape index (κ2) is 6.79. The van der Waals surface area contributed by atoms with Crippen LogP contribution in [0.1, 0.15) is 32.1 Å². The van der Waals surface area contributed by atoms with Crippen LogP contribution in [0.15, 0.2) is 0 Å². The molecule has 0 atom stereocenters. The lowest BCUT2D eigenvalue weighted by Gasteiger charge is -2.23. The summed E-state index contributed by atoms with van der Waals surface area (Å²) in [6.45, 7) is 0.555. The van der Waals surface area contributed by atoms with Crippen LogP contribution in [0.25, 0.3) is 0 Å². The van der Waals surface area contributed by atoms with Crippen LogP contribution in [0.5, 0.6) is 0 Å². The van der Waals surface area contributed by atoms with Gasteiger partial charge in [0.05, 0.1) is 5.75 Å². The molecular weight excluding hydrogens is 266 g/mol. The molecule has 19 heavy (non-hydrogen) atoms. The molecule has 1 aliphatic heterocycles. The summed E-state index contributed by atoms with van der Waals surface area (Å²) < 4.78 is 0. The summed E-state index contributed by atoms with van der Waals surface area (Å²) >= 11 is 1.01. The lowest BCUT2D eigenvalue weighted by molar-refractivity contribution is -0.124. The van der Waals surface area contributed by atoms with Gasteiger partial charge in [-0.05, 0) is 12.8 Å². The smallest absolute Gasteiger partial charge is 0.315 e. The normalized spacial score (nSPS) is 20.7. The SMILES string of the molecule is O=C(NCCN1C(=O)CSC1=O)NC1CCCCC1. The molecule has 2 rings (SSSR count). The van der Waals surface area contributed by atoms with Crippen molar-refractivity contribution in [2.24, 2.45) is 0 Å². The van der Waals surface area contributed by atoms with Gasteiger partial charge in [0.25, 0.3) is 5.24 Å². The van der Waals surface area contributed by atoms with Crippen molar-refractivity contribution in [3.63, 3.8) is 0 Å². The average molecular weight is 285 g/mol. The van der Waals surface area contributed by atoms with Gasteiger partial charge in [0, 0.05) is 19.1 Å². The van der Waals surface area contributed by atoms with Crippen LogP contribution in [0.4, 0.5) is 9.59 Å². The van der Waals surface area contributed by atoms with E-state index in [0.717, 1.165) is 24.6 Å². The molecular formula is C12H19N3O3S. The molecule has 2 fully saturated rings. The minimum Gasteiger partial charge on any atom is -0.336 e. The van der Waals surface area contributed by atoms with Crippen molar-refractivity contribution >= 4 is 28.9 Å². The van der Waals surface area contributed by atoms with Crippen molar-refractivity contribution in [1.29, 1.82) is 0 Å². The van der Waals surface area contributed by atoms with E-state index in [1.807, 2.05) is 0 Å². The summed E-state index contributed by atoms with van der Waals surface area (Å²) in [6, 6.07) is 0.0537. The van der Waals surface area contributed by atoms with Crippen molar-refractivity contribution in [2.45, 2.75) is 38.1 Å². The van der Waals surface area contributed by atoms with Crippen LogP contribution in [0.2, 0.25) is 0 Å². The zero-order chi connectivity index (χ0) is 13.7. The Labute approximate surface area is 116 Å². The first-order valence-corrected chi connectivity index (χ1v) is 7.67. The molecule has 1 aliphatic carbocycles. The molecule has 4 amide bonds. The topological polar surface area (TPSA) is 78.5 Å². The largest absolute Gasteiger partial charge is 0.336 e. The molecule has 0 aromatic carbocycles. The highest BCUT2D eigenvalue weighted by molar-refractivity contribution is 8.14. The van der Waals surface area contributed by atoms with Gasteiger partial charge < -0.3 is 10.6 Å². The number of hydrogen-bond donors (Lipinski definition) is 2. The van der Waals surface area contributed by atoms with Gasteiger partial charge in [0.2, 0.25) is 5.91 Å². The molecule has 0 aromatic rings. The Bertz CT molecular complexity index is 353. The average Bonchev–Trinajstić information content (AvgIpc) is 2.71. The van der Waals surface area contributed by atoms with Crippen LogP contribution in [0, 0.1) is 0 Å². The molecule has 0 spiro atoms. The van der Waals surface area contributed by atoms with Crippen LogP contribution >= 0.6 is 11.8 Å². The Hall–Kier alpha value is -1.24. The maximum atomic E-state index is 11.6. The standard InChI is InChI=1S/C12H19N3O3S/c16-10-8-19-12(18)15(10)7-6-13-11(17)14-9-4-2-1-3-5-9/h9H,1-8H2,(H2,13,14,17). The van der Waals surface area contributed by atoms with E-state index in [2.05, 4.69) is 10.6 Å². The van der Waals surface area contributed by atoms with Gasteiger partial charge in [-0.25, -0.2) is 4.79 Å². The lowest BCUT2D eigenvalue weighted by Crippen LogP contribution is -2.45. The molecule has 106 valence electrons. The van der Waals surface area contributed by atoms with Crippen LogP contribution in [-0.2, 0) is 4.79 Å². The number of urea groups is 1. The van der Waals surface area contributed by atoms with Gasteiger partial charge in [-0.2, -0.15) is 0 Å². The van der Waals surface area contributed by atoms with E-state index in [4.69, 9.17) is 0 Å². The number of nitrogens with zero attached hydrogens (tertiary/aromatic N) is 1. The van der Waals surface area contributed by atoms with Crippen molar-refractivity contribution in [1.82, 2.24) is 15.5 Å². The predicted octanol–water partition coefficient (Wildman–Crippen LogP) is 1.31. The van der Waals surface area contributed by atoms with Gasteiger partial charge in [-0.15, -0.1) is 0 Å². The van der Waals surface area contributed by atoms with Gasteiger partial charge in [-0.1, -0.05) is 31.0 Å². The summed E-state index contributed by atoms with van der Waals surface area (Å²) in [6.07, 6.45) is 5.65. The maximum absolute atomic E-state index is 11.6. The fourth-order valence-electron chi connectivity index (χ4n) is 2.36. The third kappa shape index (κ3) is 4.12. The molecule has 2 aliphatic rings. The summed E-state index contributed by atoms with van der Waals surface area (Å²) in [7, 11) is 0. The van der Waals surface area contributed by atoms with Gasteiger partial charge in [0.15, 0.2) is 0 Å². The molecule has 7 heteroatoms. The summed E-state index contributed by atoms with van der Waals surface area (Å²) in [5.41, 5.74) is 0. The molecule has 0 radical (unpaired) electrons. The Morgan fingerprint density at radius 2 is 2.00 bits per heavy atom. The van der Waals surface area contributed by atoms with E-state index >= 15 is 0 Å². The van der Waals surface area contributed by atoms with Crippen LogP contribution in [-0.4, -0.2) is 47.0 Å². The second-order valence-electron chi connectivity index (χ2n) is 4.84. The molecule has 1 saturated heterocycles. The van der Waals surface area contributed by atoms with E-state index in [1.165, 1.54) is 24.2 Å². The summed E-state index contributed by atoms with van der Waals surface area (Å²) in [5, 5.41) is 5.39. The summed E-state index contributed by atoms with van der Waals surface area (Å²) in [5.74, 6) is 0.0390. The number of hydrogen-bond acceptors (Lipinski definition) is 4. The van der Waals surface area contributed by atoms with E-state index in [9.17, 15) is 14.4 Å². The highest BCUT2D eigenvalue weighted by atomic mass is 32.2. The van der Waals surface area contributed by atoms with Gasteiger partial charge in [-0.3, -0.25) is 14.5 Å². The van der Waals surface area contributed by atoms with Gasteiger partial charge in [0.1, 0.15) is 0 Å². The number of imide groups is 1. The number of nitrogens with one attached hydrogen (secondary N) is 2. The van der Waals surface area contributed by atoms with E-state index in [0.29, 0.717) is 6.54 Å². The molecule has 6 nitrogen and oxygen atoms in total. The molecule has 0 unspecified atom stereocenters. The number of carbonyl (C=O) groups excluding carboxylic acids is 3. The lowest BCUT2D eigenvalue weighted by atomic mass is 9.96. The predicted molar refractivity (Wildman–Crippen MR) is 73.0 cm³/mol. The monoisotopic (exact) mass is 285 g/mol. The molecule has 2 N–H and O–H groups in total. The van der Waals surface area contributed by atoms with Gasteiger partial charge >= 0.3 is 6.03 Å². The Morgan fingerprint density at radius 3 is 2.63 bits per heavy atom. The highest BCUT2D eigenvalue weighted by Gasteiger charge is 2.29. The minimum atomic E-state index is -0.223. The quantitative estimate of drug-likeness (QED) is 0.816. The van der Waals surface area contributed by atoms with E-state index in [1.54, 1.807) is 0 Å². The number of amides is 4. The minimum absolute atomic E-state index is 0.176. The molecule has 1 heterocycles. The Kier molecular flexibility index (Phi) is 5.07. The van der Waals surface area contributed by atoms with E-state index in [-0.39, 0.29) is 35.5 Å². The fourth-order valence-corrected chi connectivity index (χ4v) is 3.11. The third-order valence-electron chi connectivity index (χ3n) is 3.40. The van der Waals surface area contributed by atoms with E-state index < -0.39 is 0 Å². The second-order valence-corrected chi connectivity index (χ2v) is 5.76. The van der Waals surface area contributed by atoms with Crippen molar-refractivity contribution in [2.75, 3.05) is 18.8 Å². The third-order valence-corrected chi connectivity index (χ3v) is 4.26. The Balaban J connectivity index is 1.63. The summed E-state index contributed by atoms with van der Waals surface area (Å²) in [4.78, 5) is 35.5. The Morgan fingerprint density at radius 1 is 1.26 bits per heavy atom. The number of carbonyl (C=O) groups is 3. The fraction of sp³-hybridized carbons (Fsp3) is 0.750. The van der Waals surface area contributed by atoms with Crippen molar-refractivity contribution in [3.8, 4) is 0 Å². The molecule has 0 bridgehead atoms. The highest BCUT2D eigenvalue weighted by Crippen LogP contribution is 2.18. The zero-order valence-corrected chi connectivity index (χ0v) is 11.6. The molecule has 1 saturated carbocycles. The van der Waals surface area contributed by atoms with Crippen LogP contribution in [0.3, 0.4) is 0 Å². The van der Waals surface area contributed by atoms with Crippen molar-refractivity contribution < 1.29 is 14.4 Å². The maximum Gasteiger partial charge on any atom is 0.315 e. The zero-order valence-electron chi connectivity index (χ0n) is 10.8. The first kappa shape index (κ1) is 14.2. The number of thioether (sulfide) groups is 1. The van der Waals surface area contributed by atoms with Crippen molar-refractivity contribution in [3.05, 3.63) is 0 Å². The first-order valence-electron chi connectivity index (χ1n) is 6.68. The first-order chi connectivity index (χ1) is 9.16. The van der Waals surface area contributed by atoms with Crippen LogP contribution < -0.4 is 10.6 Å². The molecule has 0 aromatic heterocycles. The number of rotatable bonds is 4.